The van der Waals surface area contributed by atoms with Crippen LogP contribution in [-0.4, -0.2) is 37.3 Å². The van der Waals surface area contributed by atoms with Gasteiger partial charge in [-0.3, -0.25) is 19.7 Å². The highest BCUT2D eigenvalue weighted by molar-refractivity contribution is 7.99. The van der Waals surface area contributed by atoms with Gasteiger partial charge < -0.3 is 15.2 Å². The summed E-state index contributed by atoms with van der Waals surface area (Å²) in [6, 6.07) is 10.6. The molecule has 2 amide bonds. The van der Waals surface area contributed by atoms with Gasteiger partial charge >= 0.3 is 0 Å². The number of aromatic nitrogens is 3. The summed E-state index contributed by atoms with van der Waals surface area (Å²) in [6.45, 7) is 3.41. The van der Waals surface area contributed by atoms with Crippen molar-refractivity contribution in [2.24, 2.45) is 7.05 Å². The van der Waals surface area contributed by atoms with Crippen molar-refractivity contribution in [1.82, 2.24) is 20.1 Å². The van der Waals surface area contributed by atoms with Crippen LogP contribution in [0.2, 0.25) is 5.02 Å². The molecule has 0 unspecified atom stereocenters. The lowest BCUT2D eigenvalue weighted by molar-refractivity contribution is -0.385. The maximum atomic E-state index is 12.4. The molecule has 2 aromatic carbocycles. The SMILES string of the molecule is Cc1ccc(NC(=O)CSc2nnc([C@H](C)NC(=O)c3ccc(Cl)cc3)n2C)cc1[N+](=O)[O-]. The van der Waals surface area contributed by atoms with Crippen molar-refractivity contribution in [3.8, 4) is 0 Å². The van der Waals surface area contributed by atoms with Crippen LogP contribution in [-0.2, 0) is 11.8 Å². The van der Waals surface area contributed by atoms with E-state index in [0.717, 1.165) is 11.8 Å². The van der Waals surface area contributed by atoms with Crippen molar-refractivity contribution in [3.05, 3.63) is 74.6 Å². The number of halogens is 1. The number of nitro benzene ring substituents is 1. The summed E-state index contributed by atoms with van der Waals surface area (Å²) < 4.78 is 1.70. The van der Waals surface area contributed by atoms with Crippen LogP contribution in [0.5, 0.6) is 0 Å². The summed E-state index contributed by atoms with van der Waals surface area (Å²) in [5, 5.41) is 25.8. The van der Waals surface area contributed by atoms with Crippen molar-refractivity contribution in [3.63, 3.8) is 0 Å². The third-order valence-electron chi connectivity index (χ3n) is 4.73. The number of nitro groups is 1. The summed E-state index contributed by atoms with van der Waals surface area (Å²) in [5.74, 6) is -0.0665. The molecule has 33 heavy (non-hydrogen) atoms. The first-order chi connectivity index (χ1) is 15.7. The molecule has 0 radical (unpaired) electrons. The molecule has 0 aliphatic rings. The molecular weight excluding hydrogens is 468 g/mol. The number of anilines is 1. The predicted octanol–water partition coefficient (Wildman–Crippen LogP) is 3.91. The lowest BCUT2D eigenvalue weighted by Crippen LogP contribution is -2.28. The maximum Gasteiger partial charge on any atom is 0.274 e. The Hall–Kier alpha value is -3.44. The van der Waals surface area contributed by atoms with Crippen molar-refractivity contribution in [2.45, 2.75) is 25.0 Å². The molecule has 0 saturated carbocycles. The van der Waals surface area contributed by atoms with E-state index in [0.29, 0.717) is 32.8 Å². The van der Waals surface area contributed by atoms with E-state index in [1.807, 2.05) is 0 Å². The topological polar surface area (TPSA) is 132 Å². The molecule has 1 atom stereocenters. The third kappa shape index (κ3) is 6.08. The number of aryl methyl sites for hydroxylation is 1. The standard InChI is InChI=1S/C21H21ClN6O4S/c1-12-4-9-16(10-17(12)28(31)32)24-18(29)11-33-21-26-25-19(27(21)3)13(2)23-20(30)14-5-7-15(22)8-6-14/h4-10,13H,11H2,1-3H3,(H,23,30)(H,24,29)/t13-/m0/s1. The number of amides is 2. The minimum absolute atomic E-state index is 0.0269. The number of rotatable bonds is 8. The molecule has 0 saturated heterocycles. The Bertz CT molecular complexity index is 1200. The molecule has 3 aromatic rings. The van der Waals surface area contributed by atoms with Gasteiger partial charge in [0.1, 0.15) is 0 Å². The summed E-state index contributed by atoms with van der Waals surface area (Å²) in [4.78, 5) is 35.3. The molecule has 3 rings (SSSR count). The van der Waals surface area contributed by atoms with Gasteiger partial charge in [0.2, 0.25) is 5.91 Å². The van der Waals surface area contributed by atoms with Gasteiger partial charge in [-0.15, -0.1) is 10.2 Å². The number of nitrogens with zero attached hydrogens (tertiary/aromatic N) is 4. The first-order valence-electron chi connectivity index (χ1n) is 9.79. The van der Waals surface area contributed by atoms with Gasteiger partial charge in [0, 0.05) is 35.0 Å². The van der Waals surface area contributed by atoms with E-state index < -0.39 is 11.0 Å². The van der Waals surface area contributed by atoms with Gasteiger partial charge in [0.05, 0.1) is 16.7 Å². The Balaban J connectivity index is 1.58. The Morgan fingerprint density at radius 2 is 1.91 bits per heavy atom. The smallest absolute Gasteiger partial charge is 0.274 e. The number of benzene rings is 2. The zero-order chi connectivity index (χ0) is 24.1. The third-order valence-corrected chi connectivity index (χ3v) is 6.00. The average Bonchev–Trinajstić information content (AvgIpc) is 3.14. The van der Waals surface area contributed by atoms with Gasteiger partial charge in [-0.2, -0.15) is 0 Å². The Labute approximate surface area is 198 Å². The number of hydrogen-bond acceptors (Lipinski definition) is 7. The zero-order valence-corrected chi connectivity index (χ0v) is 19.6. The van der Waals surface area contributed by atoms with Crippen molar-refractivity contribution >= 4 is 46.6 Å². The monoisotopic (exact) mass is 488 g/mol. The Morgan fingerprint density at radius 1 is 1.21 bits per heavy atom. The normalized spacial score (nSPS) is 11.6. The highest BCUT2D eigenvalue weighted by Gasteiger charge is 2.19. The molecule has 0 fully saturated rings. The summed E-state index contributed by atoms with van der Waals surface area (Å²) >= 11 is 7.01. The molecule has 1 aromatic heterocycles. The minimum atomic E-state index is -0.492. The van der Waals surface area contributed by atoms with Gasteiger partial charge in [0.15, 0.2) is 11.0 Å². The molecular formula is C21H21ClN6O4S. The summed E-state index contributed by atoms with van der Waals surface area (Å²) in [7, 11) is 1.74. The first-order valence-corrected chi connectivity index (χ1v) is 11.2. The predicted molar refractivity (Wildman–Crippen MR) is 126 cm³/mol. The van der Waals surface area contributed by atoms with Crippen LogP contribution in [0.4, 0.5) is 11.4 Å². The van der Waals surface area contributed by atoms with Crippen LogP contribution in [0.1, 0.15) is 34.7 Å². The van der Waals surface area contributed by atoms with Crippen LogP contribution >= 0.6 is 23.4 Å². The fourth-order valence-corrected chi connectivity index (χ4v) is 3.83. The van der Waals surface area contributed by atoms with E-state index in [9.17, 15) is 19.7 Å². The number of carbonyl (C=O) groups is 2. The van der Waals surface area contributed by atoms with Gasteiger partial charge in [0.25, 0.3) is 11.6 Å². The summed E-state index contributed by atoms with van der Waals surface area (Å²) in [5.41, 5.74) is 1.26. The van der Waals surface area contributed by atoms with Gasteiger partial charge in [-0.25, -0.2) is 0 Å². The van der Waals surface area contributed by atoms with Crippen LogP contribution < -0.4 is 10.6 Å². The highest BCUT2D eigenvalue weighted by Crippen LogP contribution is 2.23. The molecule has 0 aliphatic heterocycles. The van der Waals surface area contributed by atoms with Crippen molar-refractivity contribution in [2.75, 3.05) is 11.1 Å². The molecule has 172 valence electrons. The van der Waals surface area contributed by atoms with E-state index >= 15 is 0 Å². The number of nitrogens with one attached hydrogen (secondary N) is 2. The second kappa shape index (κ2) is 10.5. The second-order valence-corrected chi connectivity index (χ2v) is 8.58. The molecule has 2 N–H and O–H groups in total. The lowest BCUT2D eigenvalue weighted by atomic mass is 10.2. The van der Waals surface area contributed by atoms with E-state index in [1.54, 1.807) is 61.9 Å². The van der Waals surface area contributed by atoms with Crippen LogP contribution in [0.25, 0.3) is 0 Å². The van der Waals surface area contributed by atoms with Crippen LogP contribution in [0.15, 0.2) is 47.6 Å². The Kier molecular flexibility index (Phi) is 7.67. The fourth-order valence-electron chi connectivity index (χ4n) is 2.99. The molecule has 10 nitrogen and oxygen atoms in total. The van der Waals surface area contributed by atoms with Crippen molar-refractivity contribution in [1.29, 1.82) is 0 Å². The Morgan fingerprint density at radius 3 is 2.58 bits per heavy atom. The first kappa shape index (κ1) is 24.2. The summed E-state index contributed by atoms with van der Waals surface area (Å²) in [6.07, 6.45) is 0. The largest absolute Gasteiger partial charge is 0.342 e. The van der Waals surface area contributed by atoms with E-state index in [2.05, 4.69) is 20.8 Å². The zero-order valence-electron chi connectivity index (χ0n) is 18.0. The second-order valence-electron chi connectivity index (χ2n) is 7.20. The maximum absolute atomic E-state index is 12.4. The van der Waals surface area contributed by atoms with Gasteiger partial charge in [-0.1, -0.05) is 29.4 Å². The van der Waals surface area contributed by atoms with Crippen LogP contribution in [0.3, 0.4) is 0 Å². The van der Waals surface area contributed by atoms with E-state index in [-0.39, 0.29) is 23.3 Å². The van der Waals surface area contributed by atoms with Gasteiger partial charge in [-0.05, 0) is 44.2 Å². The highest BCUT2D eigenvalue weighted by atomic mass is 35.5. The molecule has 0 spiro atoms. The fraction of sp³-hybridized carbons (Fsp3) is 0.238. The quantitative estimate of drug-likeness (QED) is 0.279. The number of hydrogen-bond donors (Lipinski definition) is 2. The molecule has 0 bridgehead atoms. The van der Waals surface area contributed by atoms with E-state index in [4.69, 9.17) is 11.6 Å². The van der Waals surface area contributed by atoms with Crippen LogP contribution in [0, 0.1) is 17.0 Å². The van der Waals surface area contributed by atoms with E-state index in [1.165, 1.54) is 6.07 Å². The molecule has 0 aliphatic carbocycles. The lowest BCUT2D eigenvalue weighted by Gasteiger charge is -2.13. The number of thioether (sulfide) groups is 1. The number of carbonyl (C=O) groups excluding carboxylic acids is 2. The molecule has 1 heterocycles. The van der Waals surface area contributed by atoms with Crippen molar-refractivity contribution < 1.29 is 14.5 Å². The minimum Gasteiger partial charge on any atom is -0.342 e. The molecule has 12 heteroatoms. The average molecular weight is 489 g/mol.